The largest absolute Gasteiger partial charge is 0.494 e. The van der Waals surface area contributed by atoms with Crippen LogP contribution in [0.4, 0.5) is 11.4 Å². The molecular weight excluding hydrogens is 509 g/mol. The zero-order chi connectivity index (χ0) is 24.8. The molecule has 0 bridgehead atoms. The summed E-state index contributed by atoms with van der Waals surface area (Å²) in [4.78, 5) is 28.7. The van der Waals surface area contributed by atoms with E-state index in [9.17, 15) is 9.59 Å². The van der Waals surface area contributed by atoms with E-state index in [1.165, 1.54) is 10.9 Å². The van der Waals surface area contributed by atoms with Gasteiger partial charge in [0.1, 0.15) is 24.2 Å². The molecule has 10 heteroatoms. The fraction of sp³-hybridized carbons (Fsp3) is 0.200. The monoisotopic (exact) mass is 530 g/mol. The number of fused-ring (bicyclic) bond motifs is 1. The van der Waals surface area contributed by atoms with Crippen LogP contribution in [0, 0.1) is 0 Å². The summed E-state index contributed by atoms with van der Waals surface area (Å²) in [6.07, 6.45) is 7.22. The summed E-state index contributed by atoms with van der Waals surface area (Å²) >= 11 is 16.6. The van der Waals surface area contributed by atoms with Crippen molar-refractivity contribution in [2.24, 2.45) is 0 Å². The molecule has 0 atom stereocenters. The van der Waals surface area contributed by atoms with Gasteiger partial charge in [-0.1, -0.05) is 23.2 Å². The highest BCUT2D eigenvalue weighted by Gasteiger charge is 2.28. The minimum atomic E-state index is -0.337. The molecule has 0 saturated carbocycles. The van der Waals surface area contributed by atoms with E-state index in [0.717, 1.165) is 17.0 Å². The lowest BCUT2D eigenvalue weighted by molar-refractivity contribution is -0.672. The lowest BCUT2D eigenvalue weighted by Gasteiger charge is -2.17. The third-order valence-corrected chi connectivity index (χ3v) is 6.41. The second-order valence-corrected chi connectivity index (χ2v) is 8.72. The number of benzene rings is 2. The standard InChI is InChI=1S/C25H21Cl2N3O4S/c26-19-7-9-21(23(24(19)27)25(32)17-4-3-11-28-15-17)30(34-35)12-1-2-13-33-18-6-8-20-16(14-18)5-10-22(31)29-20/h3-4,6-9,11-12,14-15H,1-2,5,10,13H2,(H-,29,31,35)/p+1. The molecule has 2 heterocycles. The van der Waals surface area contributed by atoms with Crippen molar-refractivity contribution in [2.75, 3.05) is 11.9 Å². The SMILES string of the molecule is O=C1CCc2cc(OCCCC=[N+](OS)c3ccc(Cl)c(Cl)c3C(=O)c3cccnc3)ccc2N1. The summed E-state index contributed by atoms with van der Waals surface area (Å²) in [5.74, 6) is 0.442. The molecule has 4 rings (SSSR count). The van der Waals surface area contributed by atoms with E-state index < -0.39 is 0 Å². The number of aromatic nitrogens is 1. The Bertz CT molecular complexity index is 1290. The van der Waals surface area contributed by atoms with Crippen molar-refractivity contribution >= 4 is 65.4 Å². The Morgan fingerprint density at radius 3 is 2.83 bits per heavy atom. The fourth-order valence-corrected chi connectivity index (χ4v) is 4.25. The summed E-state index contributed by atoms with van der Waals surface area (Å²) in [6, 6.07) is 12.2. The van der Waals surface area contributed by atoms with Gasteiger partial charge in [-0.05, 0) is 54.8 Å². The normalized spacial score (nSPS) is 13.1. The quantitative estimate of drug-likeness (QED) is 0.0689. The number of carbonyl (C=O) groups is 2. The van der Waals surface area contributed by atoms with E-state index >= 15 is 0 Å². The number of thiol groups is 1. The number of amides is 1. The lowest BCUT2D eigenvalue weighted by Crippen LogP contribution is -2.18. The zero-order valence-electron chi connectivity index (χ0n) is 18.5. The predicted molar refractivity (Wildman–Crippen MR) is 138 cm³/mol. The van der Waals surface area contributed by atoms with Crippen molar-refractivity contribution in [3.05, 3.63) is 81.6 Å². The summed E-state index contributed by atoms with van der Waals surface area (Å²) in [6.45, 7) is 0.463. The third kappa shape index (κ3) is 5.96. The maximum absolute atomic E-state index is 13.2. The lowest BCUT2D eigenvalue weighted by atomic mass is 10.0. The van der Waals surface area contributed by atoms with Gasteiger partial charge in [0.15, 0.2) is 0 Å². The Kier molecular flexibility index (Phi) is 8.28. The van der Waals surface area contributed by atoms with Crippen LogP contribution in [-0.4, -0.2) is 34.2 Å². The van der Waals surface area contributed by atoms with Gasteiger partial charge in [0.05, 0.1) is 16.7 Å². The van der Waals surface area contributed by atoms with Gasteiger partial charge in [-0.2, -0.15) is 4.28 Å². The molecule has 0 aliphatic carbocycles. The highest BCUT2D eigenvalue weighted by Crippen LogP contribution is 2.35. The van der Waals surface area contributed by atoms with Crippen LogP contribution in [0.5, 0.6) is 5.75 Å². The van der Waals surface area contributed by atoms with Gasteiger partial charge < -0.3 is 10.1 Å². The van der Waals surface area contributed by atoms with Crippen LogP contribution in [-0.2, 0) is 15.5 Å². The van der Waals surface area contributed by atoms with Crippen molar-refractivity contribution < 1.29 is 23.3 Å². The Morgan fingerprint density at radius 2 is 2.06 bits per heavy atom. The first-order valence-corrected chi connectivity index (χ1v) is 12.0. The molecule has 1 N–H and O–H groups in total. The second kappa shape index (κ2) is 11.6. The Morgan fingerprint density at radius 1 is 1.20 bits per heavy atom. The number of pyridine rings is 1. The number of unbranched alkanes of at least 4 members (excludes halogenated alkanes) is 1. The average Bonchev–Trinajstić information content (AvgIpc) is 2.88. The van der Waals surface area contributed by atoms with Crippen LogP contribution >= 0.6 is 36.1 Å². The number of anilines is 1. The maximum Gasteiger partial charge on any atom is 0.271 e. The Hall–Kier alpha value is -3.07. The molecule has 35 heavy (non-hydrogen) atoms. The van der Waals surface area contributed by atoms with Gasteiger partial charge in [-0.25, -0.2) is 0 Å². The first-order valence-electron chi connectivity index (χ1n) is 10.9. The van der Waals surface area contributed by atoms with Gasteiger partial charge in [-0.3, -0.25) is 14.6 Å². The molecule has 0 saturated heterocycles. The van der Waals surface area contributed by atoms with E-state index in [2.05, 4.69) is 23.2 Å². The topological polar surface area (TPSA) is 80.5 Å². The Balaban J connectivity index is 1.44. The maximum atomic E-state index is 13.2. The molecule has 0 unspecified atom stereocenters. The predicted octanol–water partition coefficient (Wildman–Crippen LogP) is 5.85. The van der Waals surface area contributed by atoms with Crippen LogP contribution < -0.4 is 10.1 Å². The number of halogens is 2. The number of aryl methyl sites for hydroxylation is 1. The Labute approximate surface area is 218 Å². The van der Waals surface area contributed by atoms with Crippen LogP contribution in [0.2, 0.25) is 10.0 Å². The molecule has 180 valence electrons. The number of nitrogens with one attached hydrogen (secondary N) is 1. The first kappa shape index (κ1) is 25.0. The molecule has 2 aromatic carbocycles. The number of hydrogen-bond acceptors (Lipinski definition) is 6. The number of nitrogens with zero attached hydrogens (tertiary/aromatic N) is 2. The van der Waals surface area contributed by atoms with Crippen LogP contribution in [0.1, 0.15) is 40.7 Å². The summed E-state index contributed by atoms with van der Waals surface area (Å²) in [7, 11) is 0. The van der Waals surface area contributed by atoms with Crippen molar-refractivity contribution in [3.63, 3.8) is 0 Å². The van der Waals surface area contributed by atoms with E-state index in [0.29, 0.717) is 43.5 Å². The minimum Gasteiger partial charge on any atom is -0.494 e. The van der Waals surface area contributed by atoms with Crippen molar-refractivity contribution in [1.29, 1.82) is 0 Å². The number of hydrogen-bond donors (Lipinski definition) is 2. The van der Waals surface area contributed by atoms with E-state index in [-0.39, 0.29) is 27.3 Å². The summed E-state index contributed by atoms with van der Waals surface area (Å²) in [5.41, 5.74) is 2.86. The molecule has 7 nitrogen and oxygen atoms in total. The molecule has 0 spiro atoms. The van der Waals surface area contributed by atoms with Crippen LogP contribution in [0.3, 0.4) is 0 Å². The zero-order valence-corrected chi connectivity index (χ0v) is 20.9. The van der Waals surface area contributed by atoms with Crippen LogP contribution in [0.25, 0.3) is 0 Å². The van der Waals surface area contributed by atoms with Gasteiger partial charge in [0, 0.05) is 47.3 Å². The molecule has 0 radical (unpaired) electrons. The molecule has 3 aromatic rings. The molecule has 1 amide bonds. The number of carbonyl (C=O) groups excluding carboxylic acids is 2. The molecule has 1 aromatic heterocycles. The number of ketones is 1. The summed E-state index contributed by atoms with van der Waals surface area (Å²) in [5, 5.41) is 3.23. The van der Waals surface area contributed by atoms with Crippen LogP contribution in [0.15, 0.2) is 54.9 Å². The van der Waals surface area contributed by atoms with Crippen molar-refractivity contribution in [2.45, 2.75) is 25.7 Å². The minimum absolute atomic E-state index is 0.0323. The van der Waals surface area contributed by atoms with Gasteiger partial charge in [-0.15, -0.1) is 0 Å². The number of rotatable bonds is 9. The van der Waals surface area contributed by atoms with E-state index in [4.69, 9.17) is 32.2 Å². The fourth-order valence-electron chi connectivity index (χ4n) is 3.69. The van der Waals surface area contributed by atoms with Crippen molar-refractivity contribution in [3.8, 4) is 5.75 Å². The average molecular weight is 531 g/mol. The third-order valence-electron chi connectivity index (χ3n) is 5.43. The van der Waals surface area contributed by atoms with E-state index in [1.807, 2.05) is 18.2 Å². The smallest absolute Gasteiger partial charge is 0.271 e. The molecule has 1 aliphatic heterocycles. The van der Waals surface area contributed by atoms with Crippen molar-refractivity contribution in [1.82, 2.24) is 4.98 Å². The first-order chi connectivity index (χ1) is 17.0. The highest BCUT2D eigenvalue weighted by molar-refractivity contribution is 7.74. The van der Waals surface area contributed by atoms with Gasteiger partial charge in [0.25, 0.3) is 5.69 Å². The number of ether oxygens (including phenoxy) is 1. The highest BCUT2D eigenvalue weighted by atomic mass is 35.5. The molecular formula is C25H22Cl2N3O4S+. The molecule has 1 aliphatic rings. The molecule has 0 fully saturated rings. The summed E-state index contributed by atoms with van der Waals surface area (Å²) < 4.78 is 12.5. The van der Waals surface area contributed by atoms with Gasteiger partial charge >= 0.3 is 0 Å². The van der Waals surface area contributed by atoms with Gasteiger partial charge in [0.2, 0.25) is 17.9 Å². The second-order valence-electron chi connectivity index (χ2n) is 7.77. The van der Waals surface area contributed by atoms with E-state index in [1.54, 1.807) is 36.7 Å².